The summed E-state index contributed by atoms with van der Waals surface area (Å²) >= 11 is 17.3. The molecule has 1 aliphatic heterocycles. The number of para-hydroxylation sites is 1. The first-order chi connectivity index (χ1) is 18.9. The van der Waals surface area contributed by atoms with E-state index in [4.69, 9.17) is 42.4 Å². The number of thioether (sulfide) groups is 1. The fourth-order valence-electron chi connectivity index (χ4n) is 3.68. The molecule has 1 aliphatic rings. The smallest absolute Gasteiger partial charge is 0.266 e. The second kappa shape index (κ2) is 14.2. The van der Waals surface area contributed by atoms with Crippen molar-refractivity contribution in [2.75, 3.05) is 26.4 Å². The lowest BCUT2D eigenvalue weighted by atomic mass is 10.1. The van der Waals surface area contributed by atoms with Crippen LogP contribution in [0.4, 0.5) is 5.69 Å². The summed E-state index contributed by atoms with van der Waals surface area (Å²) in [4.78, 5) is 20.3. The van der Waals surface area contributed by atoms with E-state index >= 15 is 0 Å². The molecule has 0 spiro atoms. The average molecular weight is 650 g/mol. The Morgan fingerprint density at radius 1 is 1.00 bits per heavy atom. The van der Waals surface area contributed by atoms with Crippen LogP contribution in [0.2, 0.25) is 10.0 Å². The van der Waals surface area contributed by atoms with Gasteiger partial charge < -0.3 is 14.2 Å². The molecule has 0 radical (unpaired) electrons. The van der Waals surface area contributed by atoms with Gasteiger partial charge in [-0.15, -0.1) is 0 Å². The maximum Gasteiger partial charge on any atom is 0.266 e. The van der Waals surface area contributed by atoms with E-state index in [2.05, 4.69) is 15.9 Å². The Labute approximate surface area is 251 Å². The number of hydrogen-bond acceptors (Lipinski definition) is 6. The molecule has 0 N–H and O–H groups in total. The van der Waals surface area contributed by atoms with Gasteiger partial charge in [0, 0.05) is 26.7 Å². The van der Waals surface area contributed by atoms with Crippen molar-refractivity contribution >= 4 is 73.7 Å². The number of carbonyl (C=O) groups excluding carboxylic acids is 1. The van der Waals surface area contributed by atoms with Crippen LogP contribution >= 0.6 is 50.9 Å². The van der Waals surface area contributed by atoms with Crippen molar-refractivity contribution in [1.29, 1.82) is 0 Å². The lowest BCUT2D eigenvalue weighted by molar-refractivity contribution is -0.122. The molecule has 0 atom stereocenters. The molecule has 0 unspecified atom stereocenters. The van der Waals surface area contributed by atoms with E-state index in [-0.39, 0.29) is 12.5 Å². The van der Waals surface area contributed by atoms with Crippen molar-refractivity contribution < 1.29 is 19.0 Å². The Hall–Kier alpha value is -2.49. The molecule has 3 aromatic carbocycles. The number of amidine groups is 1. The van der Waals surface area contributed by atoms with Crippen molar-refractivity contribution in [3.8, 4) is 11.5 Å². The van der Waals surface area contributed by atoms with Crippen molar-refractivity contribution in [2.24, 2.45) is 4.99 Å². The number of aliphatic imine (C=N–C) groups is 1. The molecule has 6 nitrogen and oxygen atoms in total. The van der Waals surface area contributed by atoms with Crippen LogP contribution in [0.15, 0.2) is 75.0 Å². The van der Waals surface area contributed by atoms with Crippen LogP contribution in [0.25, 0.3) is 6.08 Å². The fourth-order valence-corrected chi connectivity index (χ4v) is 5.60. The van der Waals surface area contributed by atoms with Crippen LogP contribution in [0.3, 0.4) is 0 Å². The van der Waals surface area contributed by atoms with Crippen LogP contribution in [-0.2, 0) is 16.1 Å². The van der Waals surface area contributed by atoms with Gasteiger partial charge in [-0.2, -0.15) is 0 Å². The van der Waals surface area contributed by atoms with Gasteiger partial charge in [0.25, 0.3) is 5.91 Å². The zero-order chi connectivity index (χ0) is 27.8. The quantitative estimate of drug-likeness (QED) is 0.154. The SMILES string of the molecule is CCOCCN1C(=O)/C(=C/c2cc(OCC)c(OCc3ccc(Cl)cc3Cl)cc2Br)SC1=Nc1ccccc1. The summed E-state index contributed by atoms with van der Waals surface area (Å²) in [5, 5.41) is 1.70. The number of ether oxygens (including phenoxy) is 3. The predicted molar refractivity (Wildman–Crippen MR) is 163 cm³/mol. The minimum atomic E-state index is -0.128. The van der Waals surface area contributed by atoms with E-state index in [1.807, 2.05) is 68.5 Å². The van der Waals surface area contributed by atoms with Crippen molar-refractivity contribution in [3.05, 3.63) is 91.2 Å². The Bertz CT molecular complexity index is 1390. The lowest BCUT2D eigenvalue weighted by Gasteiger charge is -2.15. The van der Waals surface area contributed by atoms with Crippen LogP contribution in [-0.4, -0.2) is 42.3 Å². The predicted octanol–water partition coefficient (Wildman–Crippen LogP) is 8.37. The lowest BCUT2D eigenvalue weighted by Crippen LogP contribution is -2.32. The van der Waals surface area contributed by atoms with E-state index in [0.717, 1.165) is 21.3 Å². The van der Waals surface area contributed by atoms with Crippen LogP contribution in [0.1, 0.15) is 25.0 Å². The molecule has 0 saturated carbocycles. The number of carbonyl (C=O) groups is 1. The molecule has 1 fully saturated rings. The van der Waals surface area contributed by atoms with Gasteiger partial charge in [-0.05, 0) is 73.6 Å². The number of halogens is 3. The van der Waals surface area contributed by atoms with Gasteiger partial charge in [-0.1, -0.05) is 63.4 Å². The highest BCUT2D eigenvalue weighted by molar-refractivity contribution is 9.10. The third kappa shape index (κ3) is 7.80. The number of nitrogens with zero attached hydrogens (tertiary/aromatic N) is 2. The maximum atomic E-state index is 13.4. The Morgan fingerprint density at radius 2 is 1.77 bits per heavy atom. The number of rotatable bonds is 11. The molecular weight excluding hydrogens is 623 g/mol. The average Bonchev–Trinajstić information content (AvgIpc) is 3.20. The summed E-state index contributed by atoms with van der Waals surface area (Å²) in [5.41, 5.74) is 2.35. The zero-order valence-corrected chi connectivity index (χ0v) is 25.4. The topological polar surface area (TPSA) is 60.4 Å². The molecule has 1 heterocycles. The molecule has 0 aliphatic carbocycles. The third-order valence-corrected chi connectivity index (χ3v) is 7.86. The standard InChI is InChI=1S/C29H27BrCl2N2O4S/c1-3-36-13-12-34-28(35)27(39-29(34)33-22-8-6-5-7-9-22)15-20-14-25(37-4-2)26(17-23(20)30)38-18-19-10-11-21(31)16-24(19)32/h5-11,14-17H,3-4,12-13,18H2,1-2H3/b27-15-,33-29?. The molecule has 1 amide bonds. The number of hydrogen-bond donors (Lipinski definition) is 0. The van der Waals surface area contributed by atoms with Crippen molar-refractivity contribution in [3.63, 3.8) is 0 Å². The first kappa shape index (κ1) is 29.5. The van der Waals surface area contributed by atoms with Gasteiger partial charge in [0.1, 0.15) is 6.61 Å². The van der Waals surface area contributed by atoms with E-state index in [1.165, 1.54) is 11.8 Å². The summed E-state index contributed by atoms with van der Waals surface area (Å²) in [7, 11) is 0. The molecule has 1 saturated heterocycles. The number of benzene rings is 3. The molecule has 3 aromatic rings. The third-order valence-electron chi connectivity index (χ3n) is 5.58. The highest BCUT2D eigenvalue weighted by atomic mass is 79.9. The Balaban J connectivity index is 1.61. The highest BCUT2D eigenvalue weighted by Gasteiger charge is 2.33. The Kier molecular flexibility index (Phi) is 10.8. The summed E-state index contributed by atoms with van der Waals surface area (Å²) in [5.74, 6) is 0.975. The van der Waals surface area contributed by atoms with Gasteiger partial charge in [0.15, 0.2) is 16.7 Å². The van der Waals surface area contributed by atoms with Gasteiger partial charge in [-0.3, -0.25) is 9.69 Å². The molecule has 39 heavy (non-hydrogen) atoms. The van der Waals surface area contributed by atoms with Crippen LogP contribution in [0, 0.1) is 0 Å². The maximum absolute atomic E-state index is 13.4. The zero-order valence-electron chi connectivity index (χ0n) is 21.5. The number of amides is 1. The monoisotopic (exact) mass is 648 g/mol. The van der Waals surface area contributed by atoms with E-state index in [9.17, 15) is 4.79 Å². The second-order valence-corrected chi connectivity index (χ2v) is 11.0. The summed E-state index contributed by atoms with van der Waals surface area (Å²) < 4.78 is 18.2. The first-order valence-electron chi connectivity index (χ1n) is 12.4. The van der Waals surface area contributed by atoms with Crippen molar-refractivity contribution in [2.45, 2.75) is 20.5 Å². The van der Waals surface area contributed by atoms with Gasteiger partial charge in [0.2, 0.25) is 0 Å². The van der Waals surface area contributed by atoms with Crippen molar-refractivity contribution in [1.82, 2.24) is 4.90 Å². The summed E-state index contributed by atoms with van der Waals surface area (Å²) in [6, 6.07) is 18.5. The minimum Gasteiger partial charge on any atom is -0.490 e. The first-order valence-corrected chi connectivity index (χ1v) is 14.7. The second-order valence-electron chi connectivity index (χ2n) is 8.27. The highest BCUT2D eigenvalue weighted by Crippen LogP contribution is 2.39. The molecular formula is C29H27BrCl2N2O4S. The molecule has 0 aromatic heterocycles. The Morgan fingerprint density at radius 3 is 2.49 bits per heavy atom. The van der Waals surface area contributed by atoms with E-state index < -0.39 is 0 Å². The normalized spacial score (nSPS) is 15.4. The molecule has 10 heteroatoms. The van der Waals surface area contributed by atoms with E-state index in [1.54, 1.807) is 17.0 Å². The van der Waals surface area contributed by atoms with Crippen LogP contribution < -0.4 is 9.47 Å². The van der Waals surface area contributed by atoms with Crippen LogP contribution in [0.5, 0.6) is 11.5 Å². The summed E-state index contributed by atoms with van der Waals surface area (Å²) in [6.45, 7) is 5.93. The van der Waals surface area contributed by atoms with Gasteiger partial charge in [-0.25, -0.2) is 4.99 Å². The molecule has 4 rings (SSSR count). The minimum absolute atomic E-state index is 0.128. The largest absolute Gasteiger partial charge is 0.490 e. The molecule has 204 valence electrons. The molecule has 0 bridgehead atoms. The van der Waals surface area contributed by atoms with Gasteiger partial charge in [0.05, 0.1) is 30.4 Å². The van der Waals surface area contributed by atoms with E-state index in [0.29, 0.717) is 58.0 Å². The summed E-state index contributed by atoms with van der Waals surface area (Å²) in [6.07, 6.45) is 1.83. The fraction of sp³-hybridized carbons (Fsp3) is 0.241. The van der Waals surface area contributed by atoms with Gasteiger partial charge >= 0.3 is 0 Å².